The molecule has 3 heteroatoms. The highest BCUT2D eigenvalue weighted by Crippen LogP contribution is 2.63. The van der Waals surface area contributed by atoms with Gasteiger partial charge in [-0.3, -0.25) is 0 Å². The molecule has 0 radical (unpaired) electrons. The van der Waals surface area contributed by atoms with Gasteiger partial charge in [0.25, 0.3) is 0 Å². The molecule has 0 saturated carbocycles. The van der Waals surface area contributed by atoms with E-state index in [1.807, 2.05) is 24.3 Å². The second-order valence-corrected chi connectivity index (χ2v) is 11.7. The molecule has 1 aromatic heterocycles. The minimum absolute atomic E-state index is 0.431. The summed E-state index contributed by atoms with van der Waals surface area (Å²) in [5.74, 6) is 1.82. The van der Waals surface area contributed by atoms with Gasteiger partial charge in [0.15, 0.2) is 0 Å². The number of benzene rings is 5. The first kappa shape index (κ1) is 25.0. The van der Waals surface area contributed by atoms with E-state index in [-0.39, 0.29) is 0 Å². The summed E-state index contributed by atoms with van der Waals surface area (Å²) >= 11 is 0. The Morgan fingerprint density at radius 1 is 0.545 bits per heavy atom. The van der Waals surface area contributed by atoms with E-state index in [9.17, 15) is 0 Å². The molecule has 3 aliphatic rings. The number of rotatable bonds is 3. The number of aromatic nitrogens is 2. The molecule has 208 valence electrons. The molecule has 5 aromatic carbocycles. The zero-order chi connectivity index (χ0) is 29.1. The summed E-state index contributed by atoms with van der Waals surface area (Å²) in [6, 6.07) is 47.0. The highest BCUT2D eigenvalue weighted by molar-refractivity contribution is 5.92. The molecule has 6 aromatic rings. The van der Waals surface area contributed by atoms with Crippen LogP contribution in [0.3, 0.4) is 0 Å². The fraction of sp³-hybridized carbons (Fsp3) is 0.0732. The molecule has 1 aliphatic heterocycles. The molecular formula is C41H28N2O. The van der Waals surface area contributed by atoms with Crippen LogP contribution in [0.4, 0.5) is 0 Å². The van der Waals surface area contributed by atoms with Crippen LogP contribution >= 0.6 is 0 Å². The Hall–Kier alpha value is -5.54. The quantitative estimate of drug-likeness (QED) is 0.215. The predicted octanol–water partition coefficient (Wildman–Crippen LogP) is 10.0. The van der Waals surface area contributed by atoms with E-state index in [0.29, 0.717) is 0 Å². The van der Waals surface area contributed by atoms with Gasteiger partial charge in [0.1, 0.15) is 11.5 Å². The van der Waals surface area contributed by atoms with Crippen LogP contribution in [0.15, 0.2) is 151 Å². The zero-order valence-corrected chi connectivity index (χ0v) is 24.1. The van der Waals surface area contributed by atoms with Gasteiger partial charge >= 0.3 is 0 Å². The van der Waals surface area contributed by atoms with Gasteiger partial charge in [0, 0.05) is 27.8 Å². The summed E-state index contributed by atoms with van der Waals surface area (Å²) in [6.07, 6.45) is 6.82. The molecule has 2 aliphatic carbocycles. The van der Waals surface area contributed by atoms with E-state index in [1.54, 1.807) is 0 Å². The van der Waals surface area contributed by atoms with Crippen LogP contribution in [0, 0.1) is 0 Å². The maximum absolute atomic E-state index is 6.88. The van der Waals surface area contributed by atoms with Crippen molar-refractivity contribution in [3.8, 4) is 45.1 Å². The average Bonchev–Trinajstić information content (AvgIpc) is 3.40. The number of ether oxygens (including phenoxy) is 1. The molecule has 0 bridgehead atoms. The number of nitrogens with zero attached hydrogens (tertiary/aromatic N) is 2. The van der Waals surface area contributed by atoms with E-state index < -0.39 is 5.41 Å². The lowest BCUT2D eigenvalue weighted by atomic mass is 9.64. The van der Waals surface area contributed by atoms with Crippen molar-refractivity contribution in [1.29, 1.82) is 0 Å². The smallest absolute Gasteiger partial charge is 0.140 e. The molecule has 1 unspecified atom stereocenters. The van der Waals surface area contributed by atoms with Crippen molar-refractivity contribution >= 4 is 5.57 Å². The Morgan fingerprint density at radius 2 is 1.20 bits per heavy atom. The number of allylic oxidation sites excluding steroid dienone is 4. The van der Waals surface area contributed by atoms with Crippen LogP contribution in [0.25, 0.3) is 39.2 Å². The first-order valence-electron chi connectivity index (χ1n) is 15.2. The van der Waals surface area contributed by atoms with E-state index >= 15 is 0 Å². The Balaban J connectivity index is 1.22. The molecule has 2 heterocycles. The fourth-order valence-corrected chi connectivity index (χ4v) is 7.48. The molecule has 0 fully saturated rings. The van der Waals surface area contributed by atoms with Gasteiger partial charge in [-0.25, -0.2) is 0 Å². The number of para-hydroxylation sites is 2. The number of hydrogen-bond donors (Lipinski definition) is 0. The highest BCUT2D eigenvalue weighted by Gasteiger charge is 2.52. The lowest BCUT2D eigenvalue weighted by molar-refractivity contribution is 0.437. The SMILES string of the molecule is C1=CC2=C(CC1)c1ccccc1C21c2ccccc2Oc2c(-c3cccc(-c4ccc(-c5ccccc5)nn4)c3)cccc21. The van der Waals surface area contributed by atoms with Gasteiger partial charge in [0.2, 0.25) is 0 Å². The summed E-state index contributed by atoms with van der Waals surface area (Å²) in [7, 11) is 0. The largest absolute Gasteiger partial charge is 0.456 e. The minimum atomic E-state index is -0.431. The van der Waals surface area contributed by atoms with Gasteiger partial charge in [0.05, 0.1) is 16.8 Å². The lowest BCUT2D eigenvalue weighted by Crippen LogP contribution is -2.33. The predicted molar refractivity (Wildman–Crippen MR) is 176 cm³/mol. The third-order valence-corrected chi connectivity index (χ3v) is 9.36. The van der Waals surface area contributed by atoms with Crippen LogP contribution in [0.1, 0.15) is 35.1 Å². The summed E-state index contributed by atoms with van der Waals surface area (Å²) in [6.45, 7) is 0. The van der Waals surface area contributed by atoms with Crippen LogP contribution in [-0.4, -0.2) is 10.2 Å². The molecule has 44 heavy (non-hydrogen) atoms. The third-order valence-electron chi connectivity index (χ3n) is 9.36. The summed E-state index contributed by atoms with van der Waals surface area (Å²) in [5, 5.41) is 9.16. The summed E-state index contributed by atoms with van der Waals surface area (Å²) in [5.41, 5.74) is 13.4. The Kier molecular flexibility index (Phi) is 5.54. The molecule has 0 N–H and O–H groups in total. The second-order valence-electron chi connectivity index (χ2n) is 11.7. The Morgan fingerprint density at radius 3 is 2.07 bits per heavy atom. The lowest BCUT2D eigenvalue weighted by Gasteiger charge is -2.41. The monoisotopic (exact) mass is 564 g/mol. The maximum atomic E-state index is 6.88. The molecule has 9 rings (SSSR count). The van der Waals surface area contributed by atoms with Crippen LogP contribution in [0.5, 0.6) is 11.5 Å². The van der Waals surface area contributed by atoms with Gasteiger partial charge < -0.3 is 4.74 Å². The zero-order valence-electron chi connectivity index (χ0n) is 24.1. The third kappa shape index (κ3) is 3.56. The van der Waals surface area contributed by atoms with Crippen LogP contribution in [-0.2, 0) is 5.41 Å². The topological polar surface area (TPSA) is 35.0 Å². The van der Waals surface area contributed by atoms with Gasteiger partial charge in [-0.15, -0.1) is 10.2 Å². The van der Waals surface area contributed by atoms with E-state index in [1.165, 1.54) is 33.4 Å². The normalized spacial score (nSPS) is 17.5. The van der Waals surface area contributed by atoms with Crippen LogP contribution in [0.2, 0.25) is 0 Å². The first-order chi connectivity index (χ1) is 21.8. The van der Waals surface area contributed by atoms with Crippen molar-refractivity contribution in [1.82, 2.24) is 10.2 Å². The van der Waals surface area contributed by atoms with Gasteiger partial charge in [-0.05, 0) is 64.9 Å². The Labute approximate surface area is 256 Å². The molecule has 0 amide bonds. The van der Waals surface area contributed by atoms with Crippen molar-refractivity contribution < 1.29 is 4.74 Å². The van der Waals surface area contributed by atoms with Crippen molar-refractivity contribution in [2.24, 2.45) is 0 Å². The number of fused-ring (bicyclic) bond motifs is 8. The van der Waals surface area contributed by atoms with E-state index in [2.05, 4.69) is 132 Å². The van der Waals surface area contributed by atoms with Crippen molar-refractivity contribution in [2.75, 3.05) is 0 Å². The molecule has 1 atom stereocenters. The molecular weight excluding hydrogens is 536 g/mol. The van der Waals surface area contributed by atoms with E-state index in [4.69, 9.17) is 4.74 Å². The fourth-order valence-electron chi connectivity index (χ4n) is 7.48. The van der Waals surface area contributed by atoms with Gasteiger partial charge in [-0.2, -0.15) is 0 Å². The van der Waals surface area contributed by atoms with Crippen molar-refractivity contribution in [2.45, 2.75) is 18.3 Å². The second kappa shape index (κ2) is 9.75. The van der Waals surface area contributed by atoms with Crippen molar-refractivity contribution in [3.05, 3.63) is 173 Å². The Bertz CT molecular complexity index is 2140. The molecule has 1 spiro atoms. The number of hydrogen-bond acceptors (Lipinski definition) is 3. The van der Waals surface area contributed by atoms with Crippen LogP contribution < -0.4 is 4.74 Å². The molecule has 3 nitrogen and oxygen atoms in total. The van der Waals surface area contributed by atoms with Gasteiger partial charge in [-0.1, -0.05) is 121 Å². The highest BCUT2D eigenvalue weighted by atomic mass is 16.5. The standard InChI is InChI=1S/C41H28N2O/c1-2-12-27(13-3-1)37-24-25-38(43-42-37)29-15-10-14-28(26-29)30-18-11-22-36-40(30)44-39-23-9-8-21-35(39)41(36)33-19-6-4-16-31(33)32-17-5-7-20-34(32)41/h1-4,6-16,18-26H,5,17H2. The first-order valence-corrected chi connectivity index (χ1v) is 15.2. The summed E-state index contributed by atoms with van der Waals surface area (Å²) in [4.78, 5) is 0. The van der Waals surface area contributed by atoms with E-state index in [0.717, 1.165) is 58.0 Å². The maximum Gasteiger partial charge on any atom is 0.140 e. The summed E-state index contributed by atoms with van der Waals surface area (Å²) < 4.78 is 6.88. The average molecular weight is 565 g/mol. The minimum Gasteiger partial charge on any atom is -0.456 e. The molecule has 0 saturated heterocycles. The van der Waals surface area contributed by atoms with Crippen molar-refractivity contribution in [3.63, 3.8) is 0 Å².